The average molecular weight is 210 g/mol. The summed E-state index contributed by atoms with van der Waals surface area (Å²) in [5, 5.41) is 18.6. The first-order chi connectivity index (χ1) is 7.15. The molecule has 1 aromatic carbocycles. The Morgan fingerprint density at radius 2 is 2.00 bits per heavy atom. The fourth-order valence-corrected chi connectivity index (χ4v) is 1.31. The number of aliphatic hydroxyl groups is 2. The summed E-state index contributed by atoms with van der Waals surface area (Å²) in [7, 11) is 0. The van der Waals surface area contributed by atoms with Gasteiger partial charge in [0, 0.05) is 6.92 Å². The maximum absolute atomic E-state index is 10.6. The molecule has 0 spiro atoms. The van der Waals surface area contributed by atoms with E-state index in [9.17, 15) is 9.90 Å². The lowest BCUT2D eigenvalue weighted by molar-refractivity contribution is -0.170. The van der Waals surface area contributed by atoms with Crippen LogP contribution in [0.5, 0.6) is 0 Å². The molecule has 1 rings (SSSR count). The van der Waals surface area contributed by atoms with E-state index in [1.807, 2.05) is 6.07 Å². The summed E-state index contributed by atoms with van der Waals surface area (Å²) in [6.45, 7) is 0.932. The van der Waals surface area contributed by atoms with Crippen LogP contribution in [0.25, 0.3) is 0 Å². The standard InChI is InChI=1S/C11H14O4/c1-8(13)15-11(14)10(7-12)9-5-3-2-4-6-9/h2-6,10-12,14H,7H2,1H3/t10-,11?/m1/s1. The van der Waals surface area contributed by atoms with E-state index in [2.05, 4.69) is 4.74 Å². The zero-order chi connectivity index (χ0) is 11.3. The van der Waals surface area contributed by atoms with Crippen molar-refractivity contribution in [3.63, 3.8) is 0 Å². The molecule has 0 aliphatic carbocycles. The van der Waals surface area contributed by atoms with E-state index in [0.717, 1.165) is 5.56 Å². The second-order valence-electron chi connectivity index (χ2n) is 3.20. The lowest BCUT2D eigenvalue weighted by atomic mass is 10.00. The van der Waals surface area contributed by atoms with E-state index in [1.54, 1.807) is 24.3 Å². The largest absolute Gasteiger partial charge is 0.435 e. The minimum Gasteiger partial charge on any atom is -0.435 e. The molecule has 0 saturated heterocycles. The van der Waals surface area contributed by atoms with Crippen LogP contribution in [0.3, 0.4) is 0 Å². The van der Waals surface area contributed by atoms with Gasteiger partial charge in [-0.3, -0.25) is 4.79 Å². The van der Waals surface area contributed by atoms with Crippen LogP contribution >= 0.6 is 0 Å². The lowest BCUT2D eigenvalue weighted by Gasteiger charge is -2.20. The molecular formula is C11H14O4. The summed E-state index contributed by atoms with van der Waals surface area (Å²) in [4.78, 5) is 10.6. The zero-order valence-corrected chi connectivity index (χ0v) is 8.46. The summed E-state index contributed by atoms with van der Waals surface area (Å²) in [6.07, 6.45) is -1.31. The van der Waals surface area contributed by atoms with E-state index in [1.165, 1.54) is 6.92 Å². The second kappa shape index (κ2) is 5.48. The molecule has 82 valence electrons. The smallest absolute Gasteiger partial charge is 0.304 e. The van der Waals surface area contributed by atoms with Gasteiger partial charge in [-0.2, -0.15) is 0 Å². The summed E-state index contributed by atoms with van der Waals surface area (Å²) >= 11 is 0. The summed E-state index contributed by atoms with van der Waals surface area (Å²) in [5.41, 5.74) is 0.730. The van der Waals surface area contributed by atoms with Gasteiger partial charge in [0.25, 0.3) is 0 Å². The predicted molar refractivity (Wildman–Crippen MR) is 54.0 cm³/mol. The van der Waals surface area contributed by atoms with Crippen LogP contribution in [0.1, 0.15) is 18.4 Å². The van der Waals surface area contributed by atoms with E-state index < -0.39 is 18.2 Å². The Labute approximate surface area is 88.1 Å². The Kier molecular flexibility index (Phi) is 4.27. The first kappa shape index (κ1) is 11.7. The van der Waals surface area contributed by atoms with Crippen molar-refractivity contribution in [3.05, 3.63) is 35.9 Å². The monoisotopic (exact) mass is 210 g/mol. The average Bonchev–Trinajstić information content (AvgIpc) is 2.19. The van der Waals surface area contributed by atoms with Crippen LogP contribution in [0.15, 0.2) is 30.3 Å². The van der Waals surface area contributed by atoms with Crippen molar-refractivity contribution >= 4 is 5.97 Å². The third kappa shape index (κ3) is 3.34. The maximum atomic E-state index is 10.6. The molecule has 15 heavy (non-hydrogen) atoms. The Bertz CT molecular complexity index is 310. The van der Waals surface area contributed by atoms with Gasteiger partial charge in [0.1, 0.15) is 0 Å². The van der Waals surface area contributed by atoms with E-state index in [-0.39, 0.29) is 6.61 Å². The number of ether oxygens (including phenoxy) is 1. The normalized spacial score (nSPS) is 14.3. The van der Waals surface area contributed by atoms with Crippen LogP contribution in [-0.4, -0.2) is 29.1 Å². The number of hydrogen-bond donors (Lipinski definition) is 2. The minimum absolute atomic E-state index is 0.279. The highest BCUT2D eigenvalue weighted by Crippen LogP contribution is 2.19. The summed E-state index contributed by atoms with van der Waals surface area (Å²) < 4.78 is 4.61. The first-order valence-electron chi connectivity index (χ1n) is 4.66. The molecular weight excluding hydrogens is 196 g/mol. The number of carbonyl (C=O) groups excluding carboxylic acids is 1. The predicted octanol–water partition coefficient (Wildman–Crippen LogP) is 0.644. The van der Waals surface area contributed by atoms with Crippen molar-refractivity contribution in [1.82, 2.24) is 0 Å². The molecule has 2 N–H and O–H groups in total. The first-order valence-corrected chi connectivity index (χ1v) is 4.66. The van der Waals surface area contributed by atoms with Crippen molar-refractivity contribution in [2.45, 2.75) is 19.1 Å². The molecule has 0 aliphatic rings. The number of aliphatic hydroxyl groups excluding tert-OH is 2. The van der Waals surface area contributed by atoms with Crippen molar-refractivity contribution in [1.29, 1.82) is 0 Å². The summed E-state index contributed by atoms with van der Waals surface area (Å²) in [5.74, 6) is -1.17. The number of esters is 1. The van der Waals surface area contributed by atoms with Gasteiger partial charge < -0.3 is 14.9 Å². The van der Waals surface area contributed by atoms with E-state index >= 15 is 0 Å². The molecule has 0 aromatic heterocycles. The topological polar surface area (TPSA) is 66.8 Å². The molecule has 0 saturated carbocycles. The molecule has 1 aromatic rings. The van der Waals surface area contributed by atoms with Gasteiger partial charge in [-0.05, 0) is 5.56 Å². The number of rotatable bonds is 4. The molecule has 1 unspecified atom stereocenters. The highest BCUT2D eigenvalue weighted by Gasteiger charge is 2.22. The molecule has 0 bridgehead atoms. The van der Waals surface area contributed by atoms with Crippen molar-refractivity contribution in [3.8, 4) is 0 Å². The third-order valence-corrected chi connectivity index (χ3v) is 2.06. The lowest BCUT2D eigenvalue weighted by Crippen LogP contribution is -2.26. The Morgan fingerprint density at radius 1 is 1.40 bits per heavy atom. The summed E-state index contributed by atoms with van der Waals surface area (Å²) in [6, 6.07) is 8.92. The second-order valence-corrected chi connectivity index (χ2v) is 3.20. The number of hydrogen-bond acceptors (Lipinski definition) is 4. The molecule has 4 nitrogen and oxygen atoms in total. The van der Waals surface area contributed by atoms with Gasteiger partial charge in [-0.15, -0.1) is 0 Å². The quantitative estimate of drug-likeness (QED) is 0.565. The van der Waals surface area contributed by atoms with E-state index in [0.29, 0.717) is 0 Å². The molecule has 4 heteroatoms. The molecule has 0 amide bonds. The van der Waals surface area contributed by atoms with Gasteiger partial charge in [-0.25, -0.2) is 0 Å². The molecule has 0 fully saturated rings. The third-order valence-electron chi connectivity index (χ3n) is 2.06. The highest BCUT2D eigenvalue weighted by atomic mass is 16.6. The van der Waals surface area contributed by atoms with Gasteiger partial charge >= 0.3 is 5.97 Å². The van der Waals surface area contributed by atoms with Crippen molar-refractivity contribution in [2.75, 3.05) is 6.61 Å². The SMILES string of the molecule is CC(=O)OC(O)[C@H](CO)c1ccccc1. The van der Waals surface area contributed by atoms with Gasteiger partial charge in [0.05, 0.1) is 12.5 Å². The fraction of sp³-hybridized carbons (Fsp3) is 0.364. The molecule has 2 atom stereocenters. The zero-order valence-electron chi connectivity index (χ0n) is 8.46. The van der Waals surface area contributed by atoms with Crippen molar-refractivity contribution in [2.24, 2.45) is 0 Å². The minimum atomic E-state index is -1.31. The molecule has 0 radical (unpaired) electrons. The van der Waals surface area contributed by atoms with Crippen LogP contribution in [0, 0.1) is 0 Å². The van der Waals surface area contributed by atoms with Gasteiger partial charge in [0.15, 0.2) is 0 Å². The Balaban J connectivity index is 2.75. The van der Waals surface area contributed by atoms with Crippen molar-refractivity contribution < 1.29 is 19.7 Å². The van der Waals surface area contributed by atoms with Crippen LogP contribution in [0.4, 0.5) is 0 Å². The van der Waals surface area contributed by atoms with Crippen LogP contribution < -0.4 is 0 Å². The molecule has 0 aliphatic heterocycles. The molecule has 0 heterocycles. The van der Waals surface area contributed by atoms with Crippen LogP contribution in [-0.2, 0) is 9.53 Å². The Morgan fingerprint density at radius 3 is 2.47 bits per heavy atom. The maximum Gasteiger partial charge on any atom is 0.304 e. The number of carbonyl (C=O) groups is 1. The fourth-order valence-electron chi connectivity index (χ4n) is 1.31. The van der Waals surface area contributed by atoms with Gasteiger partial charge in [-0.1, -0.05) is 30.3 Å². The number of benzene rings is 1. The van der Waals surface area contributed by atoms with Crippen LogP contribution in [0.2, 0.25) is 0 Å². The van der Waals surface area contributed by atoms with E-state index in [4.69, 9.17) is 5.11 Å². The Hall–Kier alpha value is -1.39. The highest BCUT2D eigenvalue weighted by molar-refractivity contribution is 5.66. The van der Waals surface area contributed by atoms with Gasteiger partial charge in [0.2, 0.25) is 6.29 Å².